The van der Waals surface area contributed by atoms with E-state index in [1.807, 2.05) is 42.7 Å². The van der Waals surface area contributed by atoms with Crippen LogP contribution in [0.1, 0.15) is 18.1 Å². The van der Waals surface area contributed by atoms with Crippen molar-refractivity contribution in [1.82, 2.24) is 15.4 Å². The fourth-order valence-electron chi connectivity index (χ4n) is 1.90. The largest absolute Gasteiger partial charge is 0.290 e. The van der Waals surface area contributed by atoms with E-state index in [2.05, 4.69) is 9.97 Å². The number of amidine groups is 1. The first-order valence-corrected chi connectivity index (χ1v) is 5.49. The van der Waals surface area contributed by atoms with Crippen molar-refractivity contribution in [2.45, 2.75) is 12.3 Å². The first-order chi connectivity index (χ1) is 8.69. The monoisotopic (exact) mass is 242 g/mol. The Bertz CT molecular complexity index is 488. The van der Waals surface area contributed by atoms with E-state index in [9.17, 15) is 0 Å². The van der Waals surface area contributed by atoms with Crippen LogP contribution in [0.2, 0.25) is 0 Å². The van der Waals surface area contributed by atoms with Crippen LogP contribution in [0.4, 0.5) is 0 Å². The summed E-state index contributed by atoms with van der Waals surface area (Å²) in [5, 5.41) is 17.0. The van der Waals surface area contributed by atoms with Crippen LogP contribution in [0.3, 0.4) is 0 Å². The van der Waals surface area contributed by atoms with Crippen LogP contribution in [-0.4, -0.2) is 21.0 Å². The molecular weight excluding hydrogens is 228 g/mol. The highest BCUT2D eigenvalue weighted by molar-refractivity contribution is 5.92. The lowest BCUT2D eigenvalue weighted by atomic mass is 9.76. The van der Waals surface area contributed by atoms with E-state index >= 15 is 0 Å². The molecule has 92 valence electrons. The number of hydrogen-bond acceptors (Lipinski definition) is 4. The summed E-state index contributed by atoms with van der Waals surface area (Å²) in [6.45, 7) is 1.84. The maximum absolute atomic E-state index is 9.08. The summed E-state index contributed by atoms with van der Waals surface area (Å²) in [6.07, 6.45) is 4.72. The molecule has 0 amide bonds. The van der Waals surface area contributed by atoms with Gasteiger partial charge in [0.2, 0.25) is 0 Å². The van der Waals surface area contributed by atoms with Gasteiger partial charge in [-0.05, 0) is 12.5 Å². The van der Waals surface area contributed by atoms with Crippen LogP contribution in [0.15, 0.2) is 49.1 Å². The van der Waals surface area contributed by atoms with E-state index in [-0.39, 0.29) is 5.84 Å². The Morgan fingerprint density at radius 1 is 1.17 bits per heavy atom. The third-order valence-corrected chi connectivity index (χ3v) is 3.10. The van der Waals surface area contributed by atoms with Crippen LogP contribution in [0.5, 0.6) is 0 Å². The Hall–Kier alpha value is -2.27. The molecule has 0 aliphatic heterocycles. The van der Waals surface area contributed by atoms with E-state index in [1.54, 1.807) is 12.4 Å². The second-order valence-electron chi connectivity index (χ2n) is 4.10. The molecule has 1 atom stereocenters. The van der Waals surface area contributed by atoms with Gasteiger partial charge in [-0.15, -0.1) is 0 Å². The molecule has 5 nitrogen and oxygen atoms in total. The van der Waals surface area contributed by atoms with Gasteiger partial charge in [0.15, 0.2) is 0 Å². The smallest absolute Gasteiger partial charge is 0.132 e. The molecule has 3 N–H and O–H groups in total. The van der Waals surface area contributed by atoms with Crippen molar-refractivity contribution in [1.29, 1.82) is 5.41 Å². The average Bonchev–Trinajstić information content (AvgIpc) is 2.47. The van der Waals surface area contributed by atoms with Gasteiger partial charge in [-0.1, -0.05) is 30.3 Å². The van der Waals surface area contributed by atoms with Crippen molar-refractivity contribution in [3.8, 4) is 0 Å². The highest BCUT2D eigenvalue weighted by Gasteiger charge is 2.34. The Kier molecular flexibility index (Phi) is 3.34. The molecule has 0 saturated carbocycles. The van der Waals surface area contributed by atoms with Gasteiger partial charge < -0.3 is 0 Å². The first-order valence-electron chi connectivity index (χ1n) is 5.49. The topological polar surface area (TPSA) is 81.9 Å². The van der Waals surface area contributed by atoms with Crippen LogP contribution in [0, 0.1) is 5.41 Å². The van der Waals surface area contributed by atoms with Gasteiger partial charge in [0.25, 0.3) is 0 Å². The number of hydrogen-bond donors (Lipinski definition) is 3. The number of nitrogens with zero attached hydrogens (tertiary/aromatic N) is 2. The summed E-state index contributed by atoms with van der Waals surface area (Å²) >= 11 is 0. The van der Waals surface area contributed by atoms with Gasteiger partial charge in [-0.25, -0.2) is 9.97 Å². The Morgan fingerprint density at radius 3 is 2.33 bits per heavy atom. The lowest BCUT2D eigenvalue weighted by Gasteiger charge is -2.29. The molecule has 0 spiro atoms. The van der Waals surface area contributed by atoms with Gasteiger partial charge in [0.1, 0.15) is 12.2 Å². The minimum atomic E-state index is -0.808. The summed E-state index contributed by atoms with van der Waals surface area (Å²) in [7, 11) is 0. The molecule has 0 aliphatic carbocycles. The van der Waals surface area contributed by atoms with Gasteiger partial charge >= 0.3 is 0 Å². The summed E-state index contributed by atoms with van der Waals surface area (Å²) in [5.41, 5.74) is 2.74. The van der Waals surface area contributed by atoms with Crippen molar-refractivity contribution in [3.63, 3.8) is 0 Å². The molecule has 1 heterocycles. The minimum Gasteiger partial charge on any atom is -0.290 e. The quantitative estimate of drug-likeness (QED) is 0.435. The van der Waals surface area contributed by atoms with E-state index in [0.717, 1.165) is 11.1 Å². The Balaban J connectivity index is 2.59. The predicted octanol–water partition coefficient (Wildman–Crippen LogP) is 1.74. The standard InChI is InChI=1S/C13H14N4O/c1-13(12(14)17-18,10-5-3-2-4-6-10)11-7-15-9-16-8-11/h2-9,18H,1H3,(H2,14,17). The zero-order valence-corrected chi connectivity index (χ0v) is 9.96. The first kappa shape index (κ1) is 12.2. The van der Waals surface area contributed by atoms with Gasteiger partial charge in [0, 0.05) is 18.0 Å². The second-order valence-corrected chi connectivity index (χ2v) is 4.10. The minimum absolute atomic E-state index is 0.0245. The molecule has 18 heavy (non-hydrogen) atoms. The van der Waals surface area contributed by atoms with Crippen molar-refractivity contribution in [2.24, 2.45) is 0 Å². The van der Waals surface area contributed by atoms with Crippen molar-refractivity contribution in [2.75, 3.05) is 0 Å². The average molecular weight is 242 g/mol. The third-order valence-electron chi connectivity index (χ3n) is 3.10. The lowest BCUT2D eigenvalue weighted by molar-refractivity contribution is 0.226. The fourth-order valence-corrected chi connectivity index (χ4v) is 1.90. The molecular formula is C13H14N4O. The SMILES string of the molecule is CC(C(=N)NO)(c1ccccc1)c1cncnc1. The van der Waals surface area contributed by atoms with Crippen molar-refractivity contribution < 1.29 is 5.21 Å². The molecule has 1 aromatic heterocycles. The molecule has 2 aromatic rings. The summed E-state index contributed by atoms with van der Waals surface area (Å²) in [5.74, 6) is -0.0245. The highest BCUT2D eigenvalue weighted by Crippen LogP contribution is 2.31. The van der Waals surface area contributed by atoms with Crippen molar-refractivity contribution in [3.05, 3.63) is 60.2 Å². The predicted molar refractivity (Wildman–Crippen MR) is 67.6 cm³/mol. The molecule has 1 unspecified atom stereocenters. The van der Waals surface area contributed by atoms with E-state index in [1.165, 1.54) is 6.33 Å². The number of hydroxylamine groups is 1. The van der Waals surface area contributed by atoms with Gasteiger partial charge in [0.05, 0.1) is 5.41 Å². The zero-order valence-electron chi connectivity index (χ0n) is 9.96. The van der Waals surface area contributed by atoms with E-state index < -0.39 is 5.41 Å². The summed E-state index contributed by atoms with van der Waals surface area (Å²) in [4.78, 5) is 7.95. The molecule has 2 rings (SSSR count). The maximum atomic E-state index is 9.08. The maximum Gasteiger partial charge on any atom is 0.132 e. The van der Waals surface area contributed by atoms with Crippen LogP contribution >= 0.6 is 0 Å². The molecule has 0 bridgehead atoms. The van der Waals surface area contributed by atoms with Crippen molar-refractivity contribution >= 4 is 5.84 Å². The highest BCUT2D eigenvalue weighted by atomic mass is 16.5. The molecule has 0 radical (unpaired) electrons. The second kappa shape index (κ2) is 4.93. The molecule has 0 saturated heterocycles. The number of benzene rings is 1. The molecule has 0 fully saturated rings. The third kappa shape index (κ3) is 1.96. The fraction of sp³-hybridized carbons (Fsp3) is 0.154. The Morgan fingerprint density at radius 2 is 1.78 bits per heavy atom. The van der Waals surface area contributed by atoms with Gasteiger partial charge in [-0.3, -0.25) is 16.1 Å². The molecule has 5 heteroatoms. The lowest BCUT2D eigenvalue weighted by Crippen LogP contribution is -2.41. The van der Waals surface area contributed by atoms with E-state index in [0.29, 0.717) is 0 Å². The number of aromatic nitrogens is 2. The van der Waals surface area contributed by atoms with Crippen LogP contribution in [0.25, 0.3) is 0 Å². The van der Waals surface area contributed by atoms with Gasteiger partial charge in [-0.2, -0.15) is 0 Å². The molecule has 0 aliphatic rings. The number of nitrogens with one attached hydrogen (secondary N) is 2. The summed E-state index contributed by atoms with van der Waals surface area (Å²) < 4.78 is 0. The summed E-state index contributed by atoms with van der Waals surface area (Å²) in [6, 6.07) is 9.49. The van der Waals surface area contributed by atoms with Crippen LogP contribution in [-0.2, 0) is 5.41 Å². The van der Waals surface area contributed by atoms with Crippen LogP contribution < -0.4 is 5.48 Å². The molecule has 1 aromatic carbocycles. The number of rotatable bonds is 3. The normalized spacial score (nSPS) is 13.7. The zero-order chi connectivity index (χ0) is 13.0. The van der Waals surface area contributed by atoms with E-state index in [4.69, 9.17) is 10.6 Å². The Labute approximate surface area is 105 Å².